The van der Waals surface area contributed by atoms with Gasteiger partial charge in [0.15, 0.2) is 0 Å². The summed E-state index contributed by atoms with van der Waals surface area (Å²) in [5, 5.41) is 12.1. The van der Waals surface area contributed by atoms with E-state index in [1.165, 1.54) is 6.07 Å². The lowest BCUT2D eigenvalue weighted by atomic mass is 10.0. The summed E-state index contributed by atoms with van der Waals surface area (Å²) in [6.07, 6.45) is 0. The molecule has 1 aromatic heterocycles. The maximum Gasteiger partial charge on any atom is 0.371 e. The minimum Gasteiger partial charge on any atom is -0.475 e. The fourth-order valence-electron chi connectivity index (χ4n) is 2.61. The third-order valence-electron chi connectivity index (χ3n) is 4.15. The first kappa shape index (κ1) is 18.7. The van der Waals surface area contributed by atoms with E-state index in [-0.39, 0.29) is 11.7 Å². The van der Waals surface area contributed by atoms with E-state index in [0.717, 1.165) is 5.56 Å². The molecule has 0 fully saturated rings. The Morgan fingerprint density at radius 2 is 1.74 bits per heavy atom. The number of furan rings is 1. The van der Waals surface area contributed by atoms with Crippen LogP contribution in [0.5, 0.6) is 0 Å². The Labute approximate surface area is 161 Å². The number of amides is 1. The first-order valence-electron chi connectivity index (χ1n) is 8.39. The van der Waals surface area contributed by atoms with E-state index in [9.17, 15) is 9.59 Å². The van der Waals surface area contributed by atoms with E-state index in [4.69, 9.17) is 21.1 Å². The van der Waals surface area contributed by atoms with Gasteiger partial charge in [0.05, 0.1) is 5.02 Å². The molecule has 0 aliphatic carbocycles. The van der Waals surface area contributed by atoms with Gasteiger partial charge in [0.25, 0.3) is 5.91 Å². The van der Waals surface area contributed by atoms with Gasteiger partial charge in [0, 0.05) is 16.8 Å². The lowest BCUT2D eigenvalue weighted by molar-refractivity contribution is 0.0663. The highest BCUT2D eigenvalue weighted by Crippen LogP contribution is 2.32. The summed E-state index contributed by atoms with van der Waals surface area (Å²) in [5.41, 5.74) is 2.80. The number of hydrogen-bond donors (Lipinski definition) is 2. The number of rotatable bonds is 5. The molecule has 0 atom stereocenters. The van der Waals surface area contributed by atoms with Crippen LogP contribution in [0.25, 0.3) is 11.3 Å². The van der Waals surface area contributed by atoms with Crippen LogP contribution in [0.1, 0.15) is 46.2 Å². The minimum atomic E-state index is -1.15. The molecule has 138 valence electrons. The summed E-state index contributed by atoms with van der Waals surface area (Å²) in [7, 11) is 0. The fourth-order valence-corrected chi connectivity index (χ4v) is 2.89. The molecule has 6 heteroatoms. The van der Waals surface area contributed by atoms with Crippen molar-refractivity contribution in [3.8, 4) is 11.3 Å². The quantitative estimate of drug-likeness (QED) is 0.594. The summed E-state index contributed by atoms with van der Waals surface area (Å²) < 4.78 is 5.26. The molecule has 0 saturated carbocycles. The topological polar surface area (TPSA) is 79.5 Å². The zero-order valence-electron chi connectivity index (χ0n) is 14.8. The lowest BCUT2D eigenvalue weighted by Crippen LogP contribution is -2.11. The maximum absolute atomic E-state index is 12.4. The highest BCUT2D eigenvalue weighted by atomic mass is 35.5. The van der Waals surface area contributed by atoms with E-state index in [1.54, 1.807) is 36.4 Å². The van der Waals surface area contributed by atoms with Crippen LogP contribution >= 0.6 is 11.6 Å². The Morgan fingerprint density at radius 1 is 1.04 bits per heavy atom. The van der Waals surface area contributed by atoms with Gasteiger partial charge in [-0.25, -0.2) is 4.79 Å². The average Bonchev–Trinajstić information content (AvgIpc) is 3.12. The Bertz CT molecular complexity index is 990. The second kappa shape index (κ2) is 7.68. The maximum atomic E-state index is 12.4. The molecular formula is C21H18ClNO4. The number of carbonyl (C=O) groups excluding carboxylic acids is 1. The fraction of sp³-hybridized carbons (Fsp3) is 0.143. The van der Waals surface area contributed by atoms with Gasteiger partial charge in [-0.3, -0.25) is 4.79 Å². The first-order chi connectivity index (χ1) is 12.8. The number of carboxylic acid groups (broad SMARTS) is 1. The molecule has 0 spiro atoms. The summed E-state index contributed by atoms with van der Waals surface area (Å²) in [6.45, 7) is 4.19. The largest absolute Gasteiger partial charge is 0.475 e. The summed E-state index contributed by atoms with van der Waals surface area (Å²) >= 11 is 6.28. The number of halogens is 1. The van der Waals surface area contributed by atoms with Crippen LogP contribution in [0.4, 0.5) is 5.69 Å². The third kappa shape index (κ3) is 4.20. The molecule has 0 radical (unpaired) electrons. The Kier molecular flexibility index (Phi) is 5.33. The Balaban J connectivity index is 1.76. The van der Waals surface area contributed by atoms with Gasteiger partial charge in [0.1, 0.15) is 5.76 Å². The molecule has 1 amide bonds. The number of hydrogen-bond acceptors (Lipinski definition) is 3. The number of carboxylic acids is 1. The normalized spacial score (nSPS) is 10.8. The van der Waals surface area contributed by atoms with Crippen molar-refractivity contribution < 1.29 is 19.1 Å². The van der Waals surface area contributed by atoms with Gasteiger partial charge in [-0.15, -0.1) is 0 Å². The second-order valence-corrected chi connectivity index (χ2v) is 6.80. The van der Waals surface area contributed by atoms with Gasteiger partial charge in [-0.05, 0) is 53.9 Å². The van der Waals surface area contributed by atoms with Gasteiger partial charge in [-0.2, -0.15) is 0 Å². The van der Waals surface area contributed by atoms with E-state index < -0.39 is 5.97 Å². The van der Waals surface area contributed by atoms with Crippen LogP contribution in [-0.2, 0) is 0 Å². The predicted octanol–water partition coefficient (Wildman–Crippen LogP) is 5.67. The molecule has 3 rings (SSSR count). The smallest absolute Gasteiger partial charge is 0.371 e. The van der Waals surface area contributed by atoms with Crippen molar-refractivity contribution in [3.05, 3.63) is 76.5 Å². The van der Waals surface area contributed by atoms with Gasteiger partial charge in [-0.1, -0.05) is 37.6 Å². The van der Waals surface area contributed by atoms with Crippen molar-refractivity contribution >= 4 is 29.2 Å². The zero-order chi connectivity index (χ0) is 19.6. The van der Waals surface area contributed by atoms with Gasteiger partial charge in [0.2, 0.25) is 5.76 Å². The number of anilines is 1. The highest BCUT2D eigenvalue weighted by Gasteiger charge is 2.14. The molecule has 0 bridgehead atoms. The summed E-state index contributed by atoms with van der Waals surface area (Å²) in [5.74, 6) is -0.801. The summed E-state index contributed by atoms with van der Waals surface area (Å²) in [6, 6.07) is 15.3. The van der Waals surface area contributed by atoms with Crippen molar-refractivity contribution in [2.45, 2.75) is 19.8 Å². The number of benzene rings is 2. The molecule has 1 heterocycles. The predicted molar refractivity (Wildman–Crippen MR) is 105 cm³/mol. The van der Waals surface area contributed by atoms with Gasteiger partial charge >= 0.3 is 5.97 Å². The minimum absolute atomic E-state index is 0.164. The number of aromatic carboxylic acids is 1. The third-order valence-corrected chi connectivity index (χ3v) is 4.46. The molecule has 3 aromatic rings. The van der Waals surface area contributed by atoms with Crippen LogP contribution in [-0.4, -0.2) is 17.0 Å². The standard InChI is InChI=1S/C21H18ClNO4/c1-12(2)13-3-5-14(6-4-13)20(24)23-15-7-8-16(17(22)11-15)18-9-10-19(27-18)21(25)26/h3-12H,1-2H3,(H,23,24)(H,25,26). The first-order valence-corrected chi connectivity index (χ1v) is 8.77. The van der Waals surface area contributed by atoms with Crippen molar-refractivity contribution in [3.63, 3.8) is 0 Å². The molecule has 2 aromatic carbocycles. The average molecular weight is 384 g/mol. The van der Waals surface area contributed by atoms with Crippen molar-refractivity contribution in [2.75, 3.05) is 5.32 Å². The Hall–Kier alpha value is -3.05. The van der Waals surface area contributed by atoms with E-state index >= 15 is 0 Å². The molecule has 27 heavy (non-hydrogen) atoms. The van der Waals surface area contributed by atoms with Crippen molar-refractivity contribution in [2.24, 2.45) is 0 Å². The molecule has 2 N–H and O–H groups in total. The summed E-state index contributed by atoms with van der Waals surface area (Å²) in [4.78, 5) is 23.3. The Morgan fingerprint density at radius 3 is 2.30 bits per heavy atom. The SMILES string of the molecule is CC(C)c1ccc(C(=O)Nc2ccc(-c3ccc(C(=O)O)o3)c(Cl)c2)cc1. The molecule has 0 aliphatic rings. The zero-order valence-corrected chi connectivity index (χ0v) is 15.6. The monoisotopic (exact) mass is 383 g/mol. The second-order valence-electron chi connectivity index (χ2n) is 6.39. The molecule has 0 saturated heterocycles. The molecule has 0 unspecified atom stereocenters. The van der Waals surface area contributed by atoms with Crippen LogP contribution in [0.15, 0.2) is 59.0 Å². The number of carbonyl (C=O) groups is 2. The van der Waals surface area contributed by atoms with Crippen LogP contribution < -0.4 is 5.32 Å². The van der Waals surface area contributed by atoms with E-state index in [0.29, 0.717) is 33.5 Å². The molecular weight excluding hydrogens is 366 g/mol. The van der Waals surface area contributed by atoms with Crippen molar-refractivity contribution in [1.29, 1.82) is 0 Å². The van der Waals surface area contributed by atoms with Crippen molar-refractivity contribution in [1.82, 2.24) is 0 Å². The van der Waals surface area contributed by atoms with Crippen LogP contribution in [0.3, 0.4) is 0 Å². The van der Waals surface area contributed by atoms with Crippen LogP contribution in [0, 0.1) is 0 Å². The molecule has 5 nitrogen and oxygen atoms in total. The van der Waals surface area contributed by atoms with Gasteiger partial charge < -0.3 is 14.8 Å². The highest BCUT2D eigenvalue weighted by molar-refractivity contribution is 6.33. The molecule has 0 aliphatic heterocycles. The van der Waals surface area contributed by atoms with Crippen LogP contribution in [0.2, 0.25) is 5.02 Å². The lowest BCUT2D eigenvalue weighted by Gasteiger charge is -2.09. The number of nitrogens with one attached hydrogen (secondary N) is 1. The van der Waals surface area contributed by atoms with E-state index in [2.05, 4.69) is 19.2 Å². The van der Waals surface area contributed by atoms with E-state index in [1.807, 2.05) is 12.1 Å².